The molecule has 1 saturated heterocycles. The summed E-state index contributed by atoms with van der Waals surface area (Å²) in [7, 11) is 2.81. The lowest BCUT2D eigenvalue weighted by Gasteiger charge is -2.41. The Morgan fingerprint density at radius 2 is 1.68 bits per heavy atom. The lowest BCUT2D eigenvalue weighted by molar-refractivity contribution is -0.392. The number of anilines is 2. The van der Waals surface area contributed by atoms with Crippen molar-refractivity contribution in [1.82, 2.24) is 0 Å². The highest BCUT2D eigenvalue weighted by atomic mass is 16.6. The van der Waals surface area contributed by atoms with Crippen LogP contribution in [-0.4, -0.2) is 52.4 Å². The van der Waals surface area contributed by atoms with Gasteiger partial charge in [-0.3, -0.25) is 39.4 Å². The Labute approximate surface area is 249 Å². The zero-order valence-corrected chi connectivity index (χ0v) is 23.8. The zero-order chi connectivity index (χ0) is 31.8. The van der Waals surface area contributed by atoms with Gasteiger partial charge in [0.2, 0.25) is 11.8 Å². The number of carbonyl (C=O) groups is 4. The topological polar surface area (TPSA) is 194 Å². The SMILES string of the molecule is CC1=CC(=O)C2=C(C1=O)[C@@H](c1ccc(CO)o1)C1=CC[C@@H]3C(=O)N(c4cc([N+](=O)[O-])c(N(C)C)c([N+](=O)[O-])c4)C(=O)[C@@H]3[C@@H]1C2. The highest BCUT2D eigenvalue weighted by Crippen LogP contribution is 2.56. The fraction of sp³-hybridized carbons (Fsp3) is 0.333. The van der Waals surface area contributed by atoms with Crippen LogP contribution >= 0.6 is 0 Å². The number of Topliss-reactive ketones (excluding diaryl/α,β-unsaturated/α-hetero) is 1. The maximum Gasteiger partial charge on any atom is 0.301 e. The largest absolute Gasteiger partial charge is 0.463 e. The number of hydrogen-bond acceptors (Lipinski definition) is 11. The highest BCUT2D eigenvalue weighted by Gasteiger charge is 2.57. The summed E-state index contributed by atoms with van der Waals surface area (Å²) in [6.07, 6.45) is 3.09. The van der Waals surface area contributed by atoms with Gasteiger partial charge in [0.25, 0.3) is 0 Å². The Kier molecular flexibility index (Phi) is 6.68. The van der Waals surface area contributed by atoms with Crippen LogP contribution < -0.4 is 9.80 Å². The van der Waals surface area contributed by atoms with E-state index in [-0.39, 0.29) is 52.5 Å². The van der Waals surface area contributed by atoms with Gasteiger partial charge in [0.1, 0.15) is 18.1 Å². The van der Waals surface area contributed by atoms with Gasteiger partial charge < -0.3 is 14.4 Å². The molecule has 4 aliphatic rings. The van der Waals surface area contributed by atoms with Crippen LogP contribution in [0, 0.1) is 38.0 Å². The lowest BCUT2D eigenvalue weighted by atomic mass is 9.60. The molecular formula is C30H26N4O10. The van der Waals surface area contributed by atoms with Crippen LogP contribution in [0.5, 0.6) is 0 Å². The molecule has 226 valence electrons. The molecule has 1 fully saturated rings. The Bertz CT molecular complexity index is 1780. The Morgan fingerprint density at radius 1 is 1.02 bits per heavy atom. The third-order valence-electron chi connectivity index (χ3n) is 8.84. The number of rotatable bonds is 6. The standard InChI is InChI=1S/C30H26N4O10/c1-13-8-22(36)19-11-18-16(25(26(19)28(13)37)23-7-4-15(12-35)44-23)5-6-17-24(18)30(39)32(29(17)38)14-9-20(33(40)41)27(31(2)3)21(10-14)34(42)43/h4-5,7-10,17-18,24-25,35H,6,11-12H2,1-3H3/t17-,18+,24-,25+/m0/s1. The van der Waals surface area contributed by atoms with Crippen molar-refractivity contribution in [3.05, 3.63) is 90.5 Å². The number of furan rings is 1. The van der Waals surface area contributed by atoms with Gasteiger partial charge in [0.15, 0.2) is 17.3 Å². The third-order valence-corrected chi connectivity index (χ3v) is 8.84. The summed E-state index contributed by atoms with van der Waals surface area (Å²) in [5, 5.41) is 33.5. The quantitative estimate of drug-likeness (QED) is 0.168. The highest BCUT2D eigenvalue weighted by molar-refractivity contribution is 6.25. The number of hydrogen-bond donors (Lipinski definition) is 1. The summed E-state index contributed by atoms with van der Waals surface area (Å²) in [4.78, 5) is 78.8. The molecule has 1 aliphatic heterocycles. The minimum Gasteiger partial charge on any atom is -0.463 e. The molecule has 0 bridgehead atoms. The Morgan fingerprint density at radius 3 is 2.25 bits per heavy atom. The van der Waals surface area contributed by atoms with E-state index >= 15 is 0 Å². The fourth-order valence-electron chi connectivity index (χ4n) is 7.03. The molecule has 4 atom stereocenters. The number of fused-ring (bicyclic) bond motifs is 3. The molecule has 0 unspecified atom stereocenters. The first-order valence-corrected chi connectivity index (χ1v) is 13.8. The van der Waals surface area contributed by atoms with E-state index in [1.54, 1.807) is 18.2 Å². The molecule has 0 radical (unpaired) electrons. The van der Waals surface area contributed by atoms with Crippen molar-refractivity contribution in [2.24, 2.45) is 17.8 Å². The van der Waals surface area contributed by atoms with Crippen LogP contribution in [0.1, 0.15) is 37.2 Å². The van der Waals surface area contributed by atoms with Gasteiger partial charge in [-0.15, -0.1) is 0 Å². The number of imide groups is 1. The average Bonchev–Trinajstić information content (AvgIpc) is 3.56. The molecule has 14 nitrogen and oxygen atoms in total. The van der Waals surface area contributed by atoms with Crippen molar-refractivity contribution >= 4 is 46.1 Å². The van der Waals surface area contributed by atoms with Gasteiger partial charge in [-0.25, -0.2) is 4.90 Å². The van der Waals surface area contributed by atoms with E-state index in [2.05, 4.69) is 0 Å². The van der Waals surface area contributed by atoms with E-state index in [9.17, 15) is 44.5 Å². The van der Waals surface area contributed by atoms with Crippen molar-refractivity contribution in [2.45, 2.75) is 32.3 Å². The monoisotopic (exact) mass is 602 g/mol. The molecule has 0 spiro atoms. The average molecular weight is 603 g/mol. The molecule has 1 N–H and O–H groups in total. The van der Waals surface area contributed by atoms with Crippen LogP contribution in [0.15, 0.2) is 63.1 Å². The van der Waals surface area contributed by atoms with Crippen molar-refractivity contribution in [3.8, 4) is 0 Å². The van der Waals surface area contributed by atoms with Crippen LogP contribution in [0.25, 0.3) is 0 Å². The molecule has 14 heteroatoms. The molecular weight excluding hydrogens is 576 g/mol. The van der Waals surface area contributed by atoms with Gasteiger partial charge in [0.05, 0.1) is 33.3 Å². The number of nitro groups is 2. The van der Waals surface area contributed by atoms with E-state index in [1.165, 1.54) is 32.0 Å². The number of nitrogens with zero attached hydrogens (tertiary/aromatic N) is 4. The van der Waals surface area contributed by atoms with Crippen molar-refractivity contribution < 1.29 is 38.5 Å². The van der Waals surface area contributed by atoms with Crippen LogP contribution in [0.3, 0.4) is 0 Å². The minimum absolute atomic E-state index is 0.00647. The molecule has 2 heterocycles. The molecule has 44 heavy (non-hydrogen) atoms. The molecule has 1 aromatic carbocycles. The minimum atomic E-state index is -1.01. The second-order valence-electron chi connectivity index (χ2n) is 11.4. The number of aliphatic hydroxyl groups excluding tert-OH is 1. The summed E-state index contributed by atoms with van der Waals surface area (Å²) in [6.45, 7) is 1.14. The fourth-order valence-corrected chi connectivity index (χ4v) is 7.03. The van der Waals surface area contributed by atoms with E-state index in [1.807, 2.05) is 0 Å². The summed E-state index contributed by atoms with van der Waals surface area (Å²) < 4.78 is 5.84. The smallest absolute Gasteiger partial charge is 0.301 e. The number of amides is 2. The first-order chi connectivity index (χ1) is 20.8. The summed E-state index contributed by atoms with van der Waals surface area (Å²) in [5.74, 6) is -5.05. The summed E-state index contributed by atoms with van der Waals surface area (Å²) in [6, 6.07) is 5.10. The van der Waals surface area contributed by atoms with Crippen molar-refractivity contribution in [1.29, 1.82) is 0 Å². The molecule has 2 amide bonds. The summed E-state index contributed by atoms with van der Waals surface area (Å²) >= 11 is 0. The van der Waals surface area contributed by atoms with E-state index in [0.29, 0.717) is 11.3 Å². The normalized spacial score (nSPS) is 24.5. The predicted octanol–water partition coefficient (Wildman–Crippen LogP) is 3.29. The van der Waals surface area contributed by atoms with Crippen LogP contribution in [-0.2, 0) is 25.8 Å². The van der Waals surface area contributed by atoms with Gasteiger partial charge in [0, 0.05) is 42.9 Å². The van der Waals surface area contributed by atoms with Crippen LogP contribution in [0.4, 0.5) is 22.7 Å². The molecule has 1 aromatic heterocycles. The van der Waals surface area contributed by atoms with Gasteiger partial charge >= 0.3 is 11.4 Å². The van der Waals surface area contributed by atoms with E-state index in [0.717, 1.165) is 17.0 Å². The second kappa shape index (κ2) is 10.2. The number of nitro benzene ring substituents is 2. The number of aliphatic hydroxyl groups is 1. The van der Waals surface area contributed by atoms with E-state index < -0.39 is 69.1 Å². The zero-order valence-electron chi connectivity index (χ0n) is 23.8. The Balaban J connectivity index is 1.47. The number of ketones is 2. The predicted molar refractivity (Wildman–Crippen MR) is 153 cm³/mol. The van der Waals surface area contributed by atoms with Crippen molar-refractivity contribution in [2.75, 3.05) is 23.9 Å². The van der Waals surface area contributed by atoms with Crippen molar-refractivity contribution in [3.63, 3.8) is 0 Å². The molecule has 2 aromatic rings. The van der Waals surface area contributed by atoms with Gasteiger partial charge in [-0.2, -0.15) is 0 Å². The second-order valence-corrected chi connectivity index (χ2v) is 11.4. The van der Waals surface area contributed by atoms with E-state index in [4.69, 9.17) is 4.42 Å². The summed E-state index contributed by atoms with van der Waals surface area (Å²) in [5.41, 5.74) is -0.578. The van der Waals surface area contributed by atoms with Gasteiger partial charge in [-0.05, 0) is 43.9 Å². The maximum atomic E-state index is 14.1. The number of carbonyl (C=O) groups excluding carboxylic acids is 4. The first kappa shape index (κ1) is 28.9. The Hall–Kier alpha value is -5.24. The first-order valence-electron chi connectivity index (χ1n) is 13.8. The maximum absolute atomic E-state index is 14.1. The van der Waals surface area contributed by atoms with Crippen LogP contribution in [0.2, 0.25) is 0 Å². The molecule has 6 rings (SSSR count). The lowest BCUT2D eigenvalue weighted by Crippen LogP contribution is -2.39. The number of benzene rings is 1. The van der Waals surface area contributed by atoms with Gasteiger partial charge in [-0.1, -0.05) is 11.6 Å². The third kappa shape index (κ3) is 4.12. The molecule has 0 saturated carbocycles. The molecule has 3 aliphatic carbocycles. The number of allylic oxidation sites excluding steroid dienone is 6.